The maximum Gasteiger partial charge on any atom is 0.433 e. The second kappa shape index (κ2) is 6.22. The fourth-order valence-corrected chi connectivity index (χ4v) is 1.95. The number of hydrogen-bond donors (Lipinski definition) is 1. The summed E-state index contributed by atoms with van der Waals surface area (Å²) in [5.41, 5.74) is -0.127. The third-order valence-corrected chi connectivity index (χ3v) is 3.00. The average Bonchev–Trinajstić information content (AvgIpc) is 2.45. The Labute approximate surface area is 124 Å². The van der Waals surface area contributed by atoms with Gasteiger partial charge in [0.15, 0.2) is 5.75 Å². The third kappa shape index (κ3) is 3.78. The minimum absolute atomic E-state index is 0.109. The maximum absolute atomic E-state index is 12.6. The number of pyridine rings is 1. The van der Waals surface area contributed by atoms with Crippen LogP contribution in [0.15, 0.2) is 36.4 Å². The molecule has 0 saturated heterocycles. The summed E-state index contributed by atoms with van der Waals surface area (Å²) in [5.74, 6) is 0.376. The van der Waals surface area contributed by atoms with E-state index in [1.807, 2.05) is 0 Å². The van der Waals surface area contributed by atoms with Gasteiger partial charge >= 0.3 is 6.18 Å². The predicted molar refractivity (Wildman–Crippen MR) is 74.6 cm³/mol. The Hall–Kier alpha value is -1.95. The molecule has 21 heavy (non-hydrogen) atoms. The summed E-state index contributed by atoms with van der Waals surface area (Å²) in [6, 6.07) is 8.80. The van der Waals surface area contributed by atoms with E-state index in [2.05, 4.69) is 10.3 Å². The maximum atomic E-state index is 12.6. The van der Waals surface area contributed by atoms with Gasteiger partial charge in [0.2, 0.25) is 0 Å². The second-order valence-corrected chi connectivity index (χ2v) is 4.57. The molecule has 0 aliphatic rings. The van der Waals surface area contributed by atoms with Gasteiger partial charge in [-0.15, -0.1) is 0 Å². The SMILES string of the molecule is CNc1cccc(Cl)c1OCc1cccc(C(F)(F)F)n1. The molecule has 1 aromatic carbocycles. The molecular weight excluding hydrogens is 305 g/mol. The average molecular weight is 317 g/mol. The summed E-state index contributed by atoms with van der Waals surface area (Å²) in [5, 5.41) is 3.27. The summed E-state index contributed by atoms with van der Waals surface area (Å²) in [4.78, 5) is 3.53. The minimum atomic E-state index is -4.48. The number of para-hydroxylation sites is 1. The molecule has 0 unspecified atom stereocenters. The number of alkyl halides is 3. The lowest BCUT2D eigenvalue weighted by Gasteiger charge is -2.13. The largest absolute Gasteiger partial charge is 0.484 e. The number of rotatable bonds is 4. The van der Waals surface area contributed by atoms with E-state index < -0.39 is 11.9 Å². The zero-order valence-electron chi connectivity index (χ0n) is 11.0. The summed E-state index contributed by atoms with van der Waals surface area (Å²) >= 11 is 6.01. The van der Waals surface area contributed by atoms with Crippen molar-refractivity contribution in [3.05, 3.63) is 52.8 Å². The van der Waals surface area contributed by atoms with Crippen LogP contribution in [0.4, 0.5) is 18.9 Å². The van der Waals surface area contributed by atoms with Crippen molar-refractivity contribution in [2.24, 2.45) is 0 Å². The van der Waals surface area contributed by atoms with Crippen molar-refractivity contribution >= 4 is 17.3 Å². The van der Waals surface area contributed by atoms with Crippen LogP contribution in [0.2, 0.25) is 5.02 Å². The Balaban J connectivity index is 2.18. The number of aromatic nitrogens is 1. The summed E-state index contributed by atoms with van der Waals surface area (Å²) in [6.45, 7) is -0.109. The van der Waals surface area contributed by atoms with Gasteiger partial charge in [-0.05, 0) is 24.3 Å². The number of nitrogens with zero attached hydrogens (tertiary/aromatic N) is 1. The third-order valence-electron chi connectivity index (χ3n) is 2.70. The van der Waals surface area contributed by atoms with E-state index in [1.165, 1.54) is 12.1 Å². The van der Waals surface area contributed by atoms with E-state index >= 15 is 0 Å². The van der Waals surface area contributed by atoms with E-state index in [9.17, 15) is 13.2 Å². The molecule has 0 fully saturated rings. The number of ether oxygens (including phenoxy) is 1. The summed E-state index contributed by atoms with van der Waals surface area (Å²) < 4.78 is 43.2. The molecule has 7 heteroatoms. The first-order chi connectivity index (χ1) is 9.91. The number of halogens is 4. The quantitative estimate of drug-likeness (QED) is 0.909. The van der Waals surface area contributed by atoms with Crippen molar-refractivity contribution in [1.82, 2.24) is 4.98 Å². The topological polar surface area (TPSA) is 34.1 Å². The highest BCUT2D eigenvalue weighted by atomic mass is 35.5. The molecular formula is C14H12ClF3N2O. The Morgan fingerprint density at radius 3 is 2.57 bits per heavy atom. The minimum Gasteiger partial charge on any atom is -0.484 e. The number of hydrogen-bond acceptors (Lipinski definition) is 3. The fourth-order valence-electron chi connectivity index (χ4n) is 1.72. The Morgan fingerprint density at radius 1 is 1.19 bits per heavy atom. The first kappa shape index (κ1) is 15.4. The van der Waals surface area contributed by atoms with E-state index in [0.717, 1.165) is 6.07 Å². The highest BCUT2D eigenvalue weighted by molar-refractivity contribution is 6.32. The molecule has 1 aromatic heterocycles. The molecule has 2 rings (SSSR count). The second-order valence-electron chi connectivity index (χ2n) is 4.17. The molecule has 0 spiro atoms. The molecule has 0 radical (unpaired) electrons. The van der Waals surface area contributed by atoms with Crippen molar-refractivity contribution in [2.45, 2.75) is 12.8 Å². The van der Waals surface area contributed by atoms with Gasteiger partial charge in [0, 0.05) is 7.05 Å². The molecule has 0 saturated carbocycles. The molecule has 0 amide bonds. The highest BCUT2D eigenvalue weighted by Gasteiger charge is 2.32. The summed E-state index contributed by atoms with van der Waals surface area (Å²) in [6.07, 6.45) is -4.48. The molecule has 0 atom stereocenters. The van der Waals surface area contributed by atoms with Crippen LogP contribution in [0.5, 0.6) is 5.75 Å². The lowest BCUT2D eigenvalue weighted by Crippen LogP contribution is -2.10. The van der Waals surface area contributed by atoms with Crippen LogP contribution in [-0.4, -0.2) is 12.0 Å². The van der Waals surface area contributed by atoms with Crippen LogP contribution in [0.1, 0.15) is 11.4 Å². The van der Waals surface area contributed by atoms with Crippen molar-refractivity contribution in [1.29, 1.82) is 0 Å². The monoisotopic (exact) mass is 316 g/mol. The number of anilines is 1. The number of nitrogens with one attached hydrogen (secondary N) is 1. The van der Waals surface area contributed by atoms with Crippen molar-refractivity contribution in [2.75, 3.05) is 12.4 Å². The fraction of sp³-hybridized carbons (Fsp3) is 0.214. The van der Waals surface area contributed by atoms with Crippen LogP contribution < -0.4 is 10.1 Å². The van der Waals surface area contributed by atoms with Crippen LogP contribution in [-0.2, 0) is 12.8 Å². The van der Waals surface area contributed by atoms with Crippen LogP contribution in [0.25, 0.3) is 0 Å². The van der Waals surface area contributed by atoms with Crippen molar-refractivity contribution < 1.29 is 17.9 Å². The van der Waals surface area contributed by atoms with Gasteiger partial charge in [0.25, 0.3) is 0 Å². The number of benzene rings is 1. The van der Waals surface area contributed by atoms with Gasteiger partial charge in [0.1, 0.15) is 12.3 Å². The van der Waals surface area contributed by atoms with Gasteiger partial charge in [-0.25, -0.2) is 4.98 Å². The molecule has 0 aliphatic carbocycles. The van der Waals surface area contributed by atoms with Crippen LogP contribution in [0.3, 0.4) is 0 Å². The van der Waals surface area contributed by atoms with E-state index in [0.29, 0.717) is 16.5 Å². The first-order valence-corrected chi connectivity index (χ1v) is 6.42. The van der Waals surface area contributed by atoms with Crippen LogP contribution >= 0.6 is 11.6 Å². The zero-order valence-corrected chi connectivity index (χ0v) is 11.8. The van der Waals surface area contributed by atoms with E-state index in [1.54, 1.807) is 25.2 Å². The van der Waals surface area contributed by atoms with Gasteiger partial charge in [0.05, 0.1) is 16.4 Å². The smallest absolute Gasteiger partial charge is 0.433 e. The lowest BCUT2D eigenvalue weighted by atomic mass is 10.3. The van der Waals surface area contributed by atoms with E-state index in [-0.39, 0.29) is 12.3 Å². The standard InChI is InChI=1S/C14H12ClF3N2O/c1-19-11-6-3-5-10(15)13(11)21-8-9-4-2-7-12(20-9)14(16,17)18/h2-7,19H,8H2,1H3. The van der Waals surface area contributed by atoms with Gasteiger partial charge in [-0.2, -0.15) is 13.2 Å². The first-order valence-electron chi connectivity index (χ1n) is 6.04. The molecule has 112 valence electrons. The highest BCUT2D eigenvalue weighted by Crippen LogP contribution is 2.33. The Morgan fingerprint density at radius 2 is 1.90 bits per heavy atom. The molecule has 2 aromatic rings. The molecule has 0 bridgehead atoms. The van der Waals surface area contributed by atoms with Crippen LogP contribution in [0, 0.1) is 0 Å². The molecule has 1 N–H and O–H groups in total. The molecule has 1 heterocycles. The van der Waals surface area contributed by atoms with Crippen molar-refractivity contribution in [3.63, 3.8) is 0 Å². The van der Waals surface area contributed by atoms with Crippen molar-refractivity contribution in [3.8, 4) is 5.75 Å². The van der Waals surface area contributed by atoms with Gasteiger partial charge in [-0.3, -0.25) is 0 Å². The predicted octanol–water partition coefficient (Wildman–Crippen LogP) is 4.37. The normalized spacial score (nSPS) is 11.3. The molecule has 0 aliphatic heterocycles. The Kier molecular flexibility index (Phi) is 4.57. The van der Waals surface area contributed by atoms with E-state index in [4.69, 9.17) is 16.3 Å². The lowest BCUT2D eigenvalue weighted by molar-refractivity contribution is -0.141. The summed E-state index contributed by atoms with van der Waals surface area (Å²) in [7, 11) is 1.70. The Bertz CT molecular complexity index is 632. The molecule has 3 nitrogen and oxygen atoms in total. The van der Waals surface area contributed by atoms with Gasteiger partial charge < -0.3 is 10.1 Å². The van der Waals surface area contributed by atoms with Gasteiger partial charge in [-0.1, -0.05) is 23.7 Å². The zero-order chi connectivity index (χ0) is 15.5.